The molecule has 0 aromatic carbocycles. The SMILES string of the molecule is [Cl-].[Cl-].[Cl-].[Cl-].[Cl-].[Cl-].[Cl-].[Cl-].[Cl-].[Dy+3].[Ho+3].[Y+3]. The van der Waals surface area contributed by atoms with E-state index in [4.69, 9.17) is 0 Å². The van der Waals surface area contributed by atoms with Crippen LogP contribution < -0.4 is 112 Å². The molecule has 0 bridgehead atoms. The van der Waals surface area contributed by atoms with Gasteiger partial charge in [0.25, 0.3) is 0 Å². The first kappa shape index (κ1) is 139. The fourth-order valence-electron chi connectivity index (χ4n) is 0. The molecule has 0 aliphatic carbocycles. The Balaban J connectivity index is 0. The maximum Gasteiger partial charge on any atom is 3.00 e. The third-order valence-corrected chi connectivity index (χ3v) is 0. The molecular formula is Cl9DyHoY. The summed E-state index contributed by atoms with van der Waals surface area (Å²) in [4.78, 5) is 0. The standard InChI is InChI=1S/9ClH.Dy.Ho.Y/h9*1H;;;/q;;;;;;;;;3*+3/p-9. The van der Waals surface area contributed by atoms with E-state index in [-0.39, 0.29) is 220 Å². The molecule has 0 nitrogen and oxygen atoms in total. The van der Waals surface area contributed by atoms with Gasteiger partial charge in [0.05, 0.1) is 0 Å². The van der Waals surface area contributed by atoms with Gasteiger partial charge in [-0.3, -0.25) is 0 Å². The van der Waals surface area contributed by atoms with E-state index in [1.165, 1.54) is 0 Å². The van der Waals surface area contributed by atoms with Gasteiger partial charge in [0.1, 0.15) is 0 Å². The van der Waals surface area contributed by atoms with E-state index in [1.54, 1.807) is 0 Å². The summed E-state index contributed by atoms with van der Waals surface area (Å²) in [6.07, 6.45) is 0. The van der Waals surface area contributed by atoms with E-state index < -0.39 is 0 Å². The molecule has 12 heteroatoms. The van der Waals surface area contributed by atoms with E-state index in [2.05, 4.69) is 0 Å². The molecule has 0 heterocycles. The Hall–Kier alpha value is 6.25. The number of rotatable bonds is 0. The van der Waals surface area contributed by atoms with Crippen molar-refractivity contribution in [3.8, 4) is 0 Å². The van der Waals surface area contributed by atoms with Crippen molar-refractivity contribution in [1.82, 2.24) is 0 Å². The van der Waals surface area contributed by atoms with Gasteiger partial charge < -0.3 is 112 Å². The van der Waals surface area contributed by atoms with E-state index in [1.807, 2.05) is 0 Å². The molecule has 0 atom stereocenters. The number of hydrogen-bond acceptors (Lipinski definition) is 0. The minimum atomic E-state index is 0. The van der Waals surface area contributed by atoms with Crippen LogP contribution >= 0.6 is 0 Å². The first-order chi connectivity index (χ1) is 0. The Morgan fingerprint density at radius 2 is 0.333 bits per heavy atom. The molecule has 12 heavy (non-hydrogen) atoms. The van der Waals surface area contributed by atoms with Crippen molar-refractivity contribution in [2.75, 3.05) is 0 Å². The normalized spacial score (nSPS) is 0. The molecule has 0 saturated heterocycles. The minimum Gasteiger partial charge on any atom is -1.00 e. The van der Waals surface area contributed by atoms with E-state index in [0.717, 1.165) is 0 Å². The topological polar surface area (TPSA) is 0 Å². The van der Waals surface area contributed by atoms with Gasteiger partial charge in [-0.25, -0.2) is 0 Å². The second kappa shape index (κ2) is 117. The molecule has 0 aliphatic rings. The van der Waals surface area contributed by atoms with Crippen molar-refractivity contribution in [3.63, 3.8) is 0 Å². The molecule has 1 radical (unpaired) electrons. The van der Waals surface area contributed by atoms with Crippen LogP contribution in [0.5, 0.6) is 0 Å². The van der Waals surface area contributed by atoms with Gasteiger partial charge in [-0.15, -0.1) is 0 Å². The van der Waals surface area contributed by atoms with Gasteiger partial charge in [-0.1, -0.05) is 0 Å². The minimum absolute atomic E-state index is 0. The Labute approximate surface area is 215 Å². The molecule has 0 saturated carbocycles. The van der Waals surface area contributed by atoms with E-state index in [9.17, 15) is 0 Å². The fraction of sp³-hybridized carbons (Fsp3) is 0. The summed E-state index contributed by atoms with van der Waals surface area (Å²) in [5.41, 5.74) is 0. The number of hydrogen-bond donors (Lipinski definition) is 0. The van der Waals surface area contributed by atoms with Crippen molar-refractivity contribution >= 4 is 0 Å². The van der Waals surface area contributed by atoms with E-state index >= 15 is 0 Å². The molecule has 0 unspecified atom stereocenters. The molecule has 0 rings (SSSR count). The van der Waals surface area contributed by atoms with Crippen LogP contribution in [0.15, 0.2) is 0 Å². The predicted molar refractivity (Wildman–Crippen MR) is 0 cm³/mol. The quantitative estimate of drug-likeness (QED) is 0.217. The van der Waals surface area contributed by atoms with Crippen molar-refractivity contribution in [2.45, 2.75) is 0 Å². The van der Waals surface area contributed by atoms with Crippen LogP contribution in [-0.2, 0) is 32.7 Å². The van der Waals surface area contributed by atoms with Gasteiger partial charge in [-0.05, 0) is 0 Å². The van der Waals surface area contributed by atoms with Crippen molar-refractivity contribution in [3.05, 3.63) is 0 Å². The monoisotopic (exact) mass is 732 g/mol. The van der Waals surface area contributed by atoms with Crippen molar-refractivity contribution in [2.24, 2.45) is 0 Å². The number of halogens is 9. The summed E-state index contributed by atoms with van der Waals surface area (Å²) in [5.74, 6) is 0. The van der Waals surface area contributed by atoms with Gasteiger partial charge in [0, 0.05) is 0 Å². The maximum atomic E-state index is 0. The van der Waals surface area contributed by atoms with Crippen LogP contribution in [0.25, 0.3) is 0 Å². The van der Waals surface area contributed by atoms with Crippen molar-refractivity contribution in [1.29, 1.82) is 0 Å². The largest absolute Gasteiger partial charge is 3.00 e. The molecule has 0 fully saturated rings. The molecule has 0 spiro atoms. The smallest absolute Gasteiger partial charge is 1.00 e. The summed E-state index contributed by atoms with van der Waals surface area (Å²) in [5, 5.41) is 0. The Kier molecular flexibility index (Phi) is 1350. The summed E-state index contributed by atoms with van der Waals surface area (Å²) in [6.45, 7) is 0. The predicted octanol–water partition coefficient (Wildman–Crippen LogP) is -27.0. The first-order valence-electron chi connectivity index (χ1n) is 0. The second-order valence-electron chi connectivity index (χ2n) is 0. The third kappa shape index (κ3) is 96.8. The second-order valence-corrected chi connectivity index (χ2v) is 0. The Bertz CT molecular complexity index is 14.5. The van der Waals surface area contributed by atoms with Crippen LogP contribution in [0.4, 0.5) is 0 Å². The molecule has 0 N–H and O–H groups in total. The maximum absolute atomic E-state index is 0. The zero-order chi connectivity index (χ0) is 0. The molecule has 0 amide bonds. The molecule has 0 aliphatic heterocycles. The van der Waals surface area contributed by atoms with Gasteiger partial charge in [-0.2, -0.15) is 0 Å². The fourth-order valence-corrected chi connectivity index (χ4v) is 0. The summed E-state index contributed by atoms with van der Waals surface area (Å²) in [6, 6.07) is 0. The summed E-state index contributed by atoms with van der Waals surface area (Å²) in [7, 11) is 0. The summed E-state index contributed by atoms with van der Waals surface area (Å²) >= 11 is 0. The first-order valence-corrected chi connectivity index (χ1v) is 0. The zero-order valence-corrected chi connectivity index (χ0v) is 18.2. The third-order valence-electron chi connectivity index (χ3n) is 0. The van der Waals surface area contributed by atoms with Crippen LogP contribution in [0.1, 0.15) is 0 Å². The average molecular weight is 735 g/mol. The Morgan fingerprint density at radius 3 is 0.333 bits per heavy atom. The van der Waals surface area contributed by atoms with E-state index in [0.29, 0.717) is 0 Å². The average Bonchev–Trinajstić information content (AvgIpc) is 0. The van der Waals surface area contributed by atoms with Gasteiger partial charge in [0.15, 0.2) is 0 Å². The van der Waals surface area contributed by atoms with Crippen LogP contribution in [-0.4, -0.2) is 0 Å². The van der Waals surface area contributed by atoms with Crippen LogP contribution in [0, 0.1) is 75.9 Å². The molecule has 0 aromatic rings. The van der Waals surface area contributed by atoms with Crippen molar-refractivity contribution < 1.29 is 220 Å². The van der Waals surface area contributed by atoms with Gasteiger partial charge in [0.2, 0.25) is 0 Å². The molecule has 0 aromatic heterocycles. The summed E-state index contributed by atoms with van der Waals surface area (Å²) < 4.78 is 0. The molecule has 87 valence electrons. The Morgan fingerprint density at radius 1 is 0.333 bits per heavy atom. The van der Waals surface area contributed by atoms with Crippen LogP contribution in [0.2, 0.25) is 0 Å². The van der Waals surface area contributed by atoms with Gasteiger partial charge >= 0.3 is 109 Å². The molecular weight excluding hydrogens is 735 g/mol. The van der Waals surface area contributed by atoms with Crippen LogP contribution in [0.3, 0.4) is 0 Å². The zero-order valence-electron chi connectivity index (χ0n) is 4.60.